The molecule has 0 aliphatic carbocycles. The first-order valence-electron chi connectivity index (χ1n) is 3.45. The van der Waals surface area contributed by atoms with Crippen molar-refractivity contribution in [2.24, 2.45) is 0 Å². The average molecular weight is 160 g/mol. The summed E-state index contributed by atoms with van der Waals surface area (Å²) in [6, 6.07) is -0.572. The van der Waals surface area contributed by atoms with Crippen molar-refractivity contribution in [2.75, 3.05) is 13.3 Å². The first-order chi connectivity index (χ1) is 4.99. The Bertz CT molecular complexity index is 181. The Morgan fingerprint density at radius 2 is 2.36 bits per heavy atom. The Balaban J connectivity index is 2.82. The van der Waals surface area contributed by atoms with E-state index in [1.807, 2.05) is 0 Å². The van der Waals surface area contributed by atoms with Crippen LogP contribution in [0.5, 0.6) is 0 Å². The van der Waals surface area contributed by atoms with Crippen LogP contribution in [0.2, 0.25) is 0 Å². The van der Waals surface area contributed by atoms with Crippen LogP contribution in [0.15, 0.2) is 0 Å². The van der Waals surface area contributed by atoms with Gasteiger partial charge < -0.3 is 10.3 Å². The molecule has 11 heavy (non-hydrogen) atoms. The number of quaternary nitrogens is 1. The summed E-state index contributed by atoms with van der Waals surface area (Å²) in [5, 5.41) is 19.2. The van der Waals surface area contributed by atoms with Crippen molar-refractivity contribution in [3.05, 3.63) is 5.21 Å². The van der Waals surface area contributed by atoms with Gasteiger partial charge in [-0.2, -0.15) is 0 Å². The molecule has 0 aromatic rings. The molecule has 0 aromatic carbocycles. The number of aliphatic hydroxyl groups is 1. The Labute approximate surface area is 64.8 Å². The van der Waals surface area contributed by atoms with E-state index in [-0.39, 0.29) is 13.3 Å². The fraction of sp³-hybridized carbons (Fsp3) is 0.833. The molecule has 0 spiro atoms. The van der Waals surface area contributed by atoms with Gasteiger partial charge in [0.25, 0.3) is 0 Å². The topological polar surface area (TPSA) is 68.0 Å². The van der Waals surface area contributed by atoms with E-state index in [1.165, 1.54) is 4.90 Å². The number of nitrogens with one attached hydrogen (secondary N) is 1. The highest BCUT2D eigenvalue weighted by atomic mass is 16.5. The van der Waals surface area contributed by atoms with Crippen LogP contribution in [-0.4, -0.2) is 34.9 Å². The normalized spacial score (nSPS) is 29.6. The third kappa shape index (κ3) is 1.22. The minimum absolute atomic E-state index is 0.201. The molecular weight excluding hydrogens is 148 g/mol. The zero-order valence-electron chi connectivity index (χ0n) is 6.63. The highest BCUT2D eigenvalue weighted by molar-refractivity contribution is 5.67. The molecule has 64 valence electrons. The predicted molar refractivity (Wildman–Crippen MR) is 37.6 cm³/mol. The van der Waals surface area contributed by atoms with Crippen molar-refractivity contribution in [3.63, 3.8) is 0 Å². The smallest absolute Gasteiger partial charge is 0.420 e. The second-order valence-corrected chi connectivity index (χ2v) is 3.29. The quantitative estimate of drug-likeness (QED) is 0.460. The molecule has 0 aromatic heterocycles. The van der Waals surface area contributed by atoms with Gasteiger partial charge in [0.05, 0.1) is 5.54 Å². The second kappa shape index (κ2) is 2.44. The highest BCUT2D eigenvalue weighted by Gasteiger charge is 2.44. The van der Waals surface area contributed by atoms with Gasteiger partial charge in [-0.1, -0.05) is 0 Å². The zero-order valence-corrected chi connectivity index (χ0v) is 6.63. The zero-order chi connectivity index (χ0) is 8.65. The van der Waals surface area contributed by atoms with Gasteiger partial charge in [-0.05, 0) is 13.8 Å². The van der Waals surface area contributed by atoms with Gasteiger partial charge in [0.15, 0.2) is 0 Å². The van der Waals surface area contributed by atoms with Crippen molar-refractivity contribution in [2.45, 2.75) is 19.4 Å². The predicted octanol–water partition coefficient (Wildman–Crippen LogP) is -1.47. The summed E-state index contributed by atoms with van der Waals surface area (Å²) in [5.41, 5.74) is -0.511. The number of nitrogens with zero attached hydrogens (tertiary/aromatic N) is 1. The van der Waals surface area contributed by atoms with Gasteiger partial charge >= 0.3 is 6.03 Å². The van der Waals surface area contributed by atoms with Crippen LogP contribution >= 0.6 is 0 Å². The highest BCUT2D eigenvalue weighted by Crippen LogP contribution is 2.14. The van der Waals surface area contributed by atoms with Crippen LogP contribution in [0.1, 0.15) is 13.8 Å². The Morgan fingerprint density at radius 1 is 1.82 bits per heavy atom. The Kier molecular flexibility index (Phi) is 1.87. The van der Waals surface area contributed by atoms with E-state index in [0.717, 1.165) is 0 Å². The molecule has 1 fully saturated rings. The van der Waals surface area contributed by atoms with Crippen molar-refractivity contribution in [1.82, 2.24) is 4.90 Å². The number of hydrogen-bond acceptors (Lipinski definition) is 3. The number of carbonyl (C=O) groups excluding carboxylic acids is 1. The third-order valence-electron chi connectivity index (χ3n) is 1.95. The molecule has 0 saturated carbocycles. The van der Waals surface area contributed by atoms with Crippen LogP contribution in [-0.2, 0) is 0 Å². The molecule has 2 N–H and O–H groups in total. The number of rotatable bonds is 1. The molecule has 0 radical (unpaired) electrons. The minimum Gasteiger partial charge on any atom is -0.625 e. The van der Waals surface area contributed by atoms with Crippen molar-refractivity contribution >= 4 is 6.03 Å². The molecule has 2 amide bonds. The maximum atomic E-state index is 11.0. The molecule has 0 bridgehead atoms. The maximum absolute atomic E-state index is 11.0. The van der Waals surface area contributed by atoms with E-state index in [2.05, 4.69) is 0 Å². The minimum atomic E-state index is -0.572. The number of hydrogen-bond donors (Lipinski definition) is 2. The van der Waals surface area contributed by atoms with E-state index < -0.39 is 16.6 Å². The van der Waals surface area contributed by atoms with Crippen molar-refractivity contribution < 1.29 is 15.0 Å². The molecule has 1 aliphatic rings. The molecule has 5 nitrogen and oxygen atoms in total. The van der Waals surface area contributed by atoms with Gasteiger partial charge in [0.2, 0.25) is 0 Å². The summed E-state index contributed by atoms with van der Waals surface area (Å²) < 4.78 is 0. The molecule has 1 saturated heterocycles. The lowest BCUT2D eigenvalue weighted by molar-refractivity contribution is -0.751. The molecular formula is C6H12N2O3. The summed E-state index contributed by atoms with van der Waals surface area (Å²) in [4.78, 5) is 12.1. The van der Waals surface area contributed by atoms with Gasteiger partial charge in [-0.3, -0.25) is 9.96 Å². The van der Waals surface area contributed by atoms with Gasteiger partial charge in [0, 0.05) is 0 Å². The number of aliphatic hydroxyl groups excluding tert-OH is 1. The fourth-order valence-electron chi connectivity index (χ4n) is 1.25. The average Bonchev–Trinajstić information content (AvgIpc) is 2.03. The van der Waals surface area contributed by atoms with E-state index in [9.17, 15) is 10.0 Å². The van der Waals surface area contributed by atoms with Crippen LogP contribution in [0.3, 0.4) is 0 Å². The van der Waals surface area contributed by atoms with Gasteiger partial charge in [0.1, 0.15) is 13.3 Å². The fourth-order valence-corrected chi connectivity index (χ4v) is 1.25. The SMILES string of the molecule is CC1(C)C[NH+]([O-])C(=O)N1CO. The molecule has 1 unspecified atom stereocenters. The Hall–Kier alpha value is -0.650. The molecule has 1 atom stereocenters. The summed E-state index contributed by atoms with van der Waals surface area (Å²) in [5.74, 6) is 0. The lowest BCUT2D eigenvalue weighted by Gasteiger charge is -2.23. The van der Waals surface area contributed by atoms with Crippen LogP contribution in [0, 0.1) is 5.21 Å². The van der Waals surface area contributed by atoms with Gasteiger partial charge in [-0.15, -0.1) is 0 Å². The van der Waals surface area contributed by atoms with Crippen LogP contribution < -0.4 is 5.06 Å². The second-order valence-electron chi connectivity index (χ2n) is 3.29. The number of amides is 2. The summed E-state index contributed by atoms with van der Waals surface area (Å²) in [6.07, 6.45) is 0. The van der Waals surface area contributed by atoms with Crippen molar-refractivity contribution in [1.29, 1.82) is 0 Å². The lowest BCUT2D eigenvalue weighted by atomic mass is 10.1. The number of hydroxylamine groups is 2. The van der Waals surface area contributed by atoms with Crippen LogP contribution in [0.25, 0.3) is 0 Å². The molecule has 1 heterocycles. The standard InChI is InChI=1S/C6H12N2O3/c1-6(2)3-8(11)5(10)7(6)4-9/h8-9H,3-4H2,1-2H3. The molecule has 5 heteroatoms. The third-order valence-corrected chi connectivity index (χ3v) is 1.95. The first kappa shape index (κ1) is 8.45. The molecule has 1 aliphatic heterocycles. The van der Waals surface area contributed by atoms with Crippen molar-refractivity contribution in [3.8, 4) is 0 Å². The summed E-state index contributed by atoms with van der Waals surface area (Å²) in [6.45, 7) is 3.34. The van der Waals surface area contributed by atoms with E-state index in [0.29, 0.717) is 0 Å². The maximum Gasteiger partial charge on any atom is 0.420 e. The molecule has 1 rings (SSSR count). The van der Waals surface area contributed by atoms with E-state index in [1.54, 1.807) is 13.8 Å². The Morgan fingerprint density at radius 3 is 2.55 bits per heavy atom. The summed E-state index contributed by atoms with van der Waals surface area (Å²) >= 11 is 0. The lowest BCUT2D eigenvalue weighted by Crippen LogP contribution is -3.08. The summed E-state index contributed by atoms with van der Waals surface area (Å²) in [7, 11) is 0. The van der Waals surface area contributed by atoms with E-state index in [4.69, 9.17) is 5.11 Å². The number of carbonyl (C=O) groups is 1. The van der Waals surface area contributed by atoms with Gasteiger partial charge in [-0.25, -0.2) is 4.79 Å². The monoisotopic (exact) mass is 160 g/mol. The van der Waals surface area contributed by atoms with E-state index >= 15 is 0 Å². The van der Waals surface area contributed by atoms with Crippen LogP contribution in [0.4, 0.5) is 4.79 Å². The first-order valence-corrected chi connectivity index (χ1v) is 3.45. The largest absolute Gasteiger partial charge is 0.625 e. The number of urea groups is 1.